The third-order valence-electron chi connectivity index (χ3n) is 5.27. The summed E-state index contributed by atoms with van der Waals surface area (Å²) in [5.41, 5.74) is 3.53. The molecule has 0 unspecified atom stereocenters. The van der Waals surface area contributed by atoms with Crippen molar-refractivity contribution >= 4 is 40.1 Å². The van der Waals surface area contributed by atoms with Gasteiger partial charge in [0.05, 0.1) is 23.7 Å². The highest BCUT2D eigenvalue weighted by molar-refractivity contribution is 6.31. The van der Waals surface area contributed by atoms with Crippen LogP contribution in [0.2, 0.25) is 5.02 Å². The number of aromatic nitrogens is 3. The van der Waals surface area contributed by atoms with E-state index in [0.29, 0.717) is 33.2 Å². The van der Waals surface area contributed by atoms with E-state index in [2.05, 4.69) is 15.7 Å². The molecule has 2 amide bonds. The monoisotopic (exact) mass is 425 g/mol. The highest BCUT2D eigenvalue weighted by Gasteiger charge is 2.28. The smallest absolute Gasteiger partial charge is 0.252 e. The van der Waals surface area contributed by atoms with E-state index in [4.69, 9.17) is 16.6 Å². The van der Waals surface area contributed by atoms with Crippen molar-refractivity contribution in [1.29, 1.82) is 0 Å². The molecule has 0 radical (unpaired) electrons. The van der Waals surface area contributed by atoms with Crippen LogP contribution in [0.15, 0.2) is 30.5 Å². The van der Waals surface area contributed by atoms with Crippen molar-refractivity contribution in [1.82, 2.24) is 20.1 Å². The van der Waals surface area contributed by atoms with Crippen LogP contribution in [0.1, 0.15) is 60.3 Å². The highest BCUT2D eigenvalue weighted by atomic mass is 35.5. The maximum absolute atomic E-state index is 12.9. The second-order valence-corrected chi connectivity index (χ2v) is 8.34. The molecule has 30 heavy (non-hydrogen) atoms. The number of carbonyl (C=O) groups excluding carboxylic acids is 2. The van der Waals surface area contributed by atoms with Gasteiger partial charge in [0, 0.05) is 28.4 Å². The Morgan fingerprint density at radius 2 is 2.07 bits per heavy atom. The Hall–Kier alpha value is -2.93. The minimum atomic E-state index is -0.320. The number of benzene rings is 1. The van der Waals surface area contributed by atoms with E-state index < -0.39 is 0 Å². The fourth-order valence-corrected chi connectivity index (χ4v) is 3.56. The zero-order valence-corrected chi connectivity index (χ0v) is 18.0. The molecule has 0 bridgehead atoms. The quantitative estimate of drug-likeness (QED) is 0.618. The van der Waals surface area contributed by atoms with Gasteiger partial charge in [-0.1, -0.05) is 17.7 Å². The first-order valence-electron chi connectivity index (χ1n) is 10.1. The fraction of sp³-hybridized carbons (Fsp3) is 0.364. The summed E-state index contributed by atoms with van der Waals surface area (Å²) in [6, 6.07) is 7.27. The molecule has 3 aromatic rings. The molecule has 1 aromatic carbocycles. The molecule has 1 saturated carbocycles. The summed E-state index contributed by atoms with van der Waals surface area (Å²) in [4.78, 5) is 30.0. The Morgan fingerprint density at radius 1 is 1.30 bits per heavy atom. The summed E-state index contributed by atoms with van der Waals surface area (Å²) in [5, 5.41) is 11.2. The number of nitrogens with zero attached hydrogens (tertiary/aromatic N) is 3. The Kier molecular flexibility index (Phi) is 5.47. The number of hydrogen-bond donors (Lipinski definition) is 2. The molecular formula is C22H24ClN5O2. The van der Waals surface area contributed by atoms with Gasteiger partial charge in [-0.3, -0.25) is 9.59 Å². The molecular weight excluding hydrogens is 402 g/mol. The second kappa shape index (κ2) is 8.07. The Morgan fingerprint density at radius 3 is 2.77 bits per heavy atom. The van der Waals surface area contributed by atoms with Crippen LogP contribution in [-0.2, 0) is 4.79 Å². The standard InChI is InChI=1S/C22H24ClN5O2/c1-12(2)28-21-16(10-25-28)15(9-19(27-21)14-7-8-14)22(30)24-11-20(29)26-18-6-4-5-17(23)13(18)3/h4-6,9-10,12,14H,7-8,11H2,1-3H3,(H,24,30)(H,26,29). The minimum absolute atomic E-state index is 0.132. The maximum Gasteiger partial charge on any atom is 0.252 e. The number of hydrogen-bond acceptors (Lipinski definition) is 4. The molecule has 0 aliphatic heterocycles. The predicted molar refractivity (Wildman–Crippen MR) is 117 cm³/mol. The second-order valence-electron chi connectivity index (χ2n) is 7.93. The third kappa shape index (κ3) is 4.03. The van der Waals surface area contributed by atoms with Gasteiger partial charge in [0.2, 0.25) is 5.91 Å². The van der Waals surface area contributed by atoms with E-state index in [0.717, 1.165) is 24.1 Å². The first kappa shape index (κ1) is 20.3. The van der Waals surface area contributed by atoms with Crippen LogP contribution in [0.5, 0.6) is 0 Å². The number of amides is 2. The van der Waals surface area contributed by atoms with Gasteiger partial charge in [-0.2, -0.15) is 5.10 Å². The molecule has 1 fully saturated rings. The van der Waals surface area contributed by atoms with Crippen molar-refractivity contribution in [3.8, 4) is 0 Å². The average Bonchev–Trinajstić information content (AvgIpc) is 3.47. The lowest BCUT2D eigenvalue weighted by Gasteiger charge is -2.12. The summed E-state index contributed by atoms with van der Waals surface area (Å²) < 4.78 is 1.83. The summed E-state index contributed by atoms with van der Waals surface area (Å²) in [7, 11) is 0. The van der Waals surface area contributed by atoms with Gasteiger partial charge in [0.15, 0.2) is 5.65 Å². The van der Waals surface area contributed by atoms with Crippen LogP contribution in [-0.4, -0.2) is 33.1 Å². The lowest BCUT2D eigenvalue weighted by atomic mass is 10.1. The molecule has 0 saturated heterocycles. The average molecular weight is 426 g/mol. The Bertz CT molecular complexity index is 1130. The topological polar surface area (TPSA) is 88.9 Å². The molecule has 8 heteroatoms. The SMILES string of the molecule is Cc1c(Cl)cccc1NC(=O)CNC(=O)c1cc(C2CC2)nc2c1cnn2C(C)C. The van der Waals surface area contributed by atoms with Crippen molar-refractivity contribution in [3.05, 3.63) is 52.3 Å². The van der Waals surface area contributed by atoms with Gasteiger partial charge >= 0.3 is 0 Å². The van der Waals surface area contributed by atoms with Gasteiger partial charge in [-0.15, -0.1) is 0 Å². The minimum Gasteiger partial charge on any atom is -0.343 e. The number of rotatable bonds is 6. The summed E-state index contributed by atoms with van der Waals surface area (Å²) in [5.74, 6) is -0.240. The number of pyridine rings is 1. The van der Waals surface area contributed by atoms with Gasteiger partial charge < -0.3 is 10.6 Å². The van der Waals surface area contributed by atoms with E-state index in [1.54, 1.807) is 24.4 Å². The normalized spacial score (nSPS) is 13.6. The van der Waals surface area contributed by atoms with Crippen molar-refractivity contribution in [2.24, 2.45) is 0 Å². The maximum atomic E-state index is 12.9. The van der Waals surface area contributed by atoms with E-state index >= 15 is 0 Å². The zero-order valence-electron chi connectivity index (χ0n) is 17.2. The lowest BCUT2D eigenvalue weighted by molar-refractivity contribution is -0.115. The molecule has 2 aromatic heterocycles. The van der Waals surface area contributed by atoms with E-state index in [1.807, 2.05) is 31.5 Å². The van der Waals surface area contributed by atoms with Crippen molar-refractivity contribution in [3.63, 3.8) is 0 Å². The first-order valence-corrected chi connectivity index (χ1v) is 10.4. The van der Waals surface area contributed by atoms with Crippen LogP contribution in [0.25, 0.3) is 11.0 Å². The molecule has 156 valence electrons. The molecule has 1 aliphatic rings. The van der Waals surface area contributed by atoms with E-state index in [1.165, 1.54) is 0 Å². The lowest BCUT2D eigenvalue weighted by Crippen LogP contribution is -2.33. The molecule has 2 N–H and O–H groups in total. The molecule has 4 rings (SSSR count). The van der Waals surface area contributed by atoms with Gasteiger partial charge in [-0.25, -0.2) is 9.67 Å². The van der Waals surface area contributed by atoms with Gasteiger partial charge in [0.25, 0.3) is 5.91 Å². The molecule has 2 heterocycles. The highest BCUT2D eigenvalue weighted by Crippen LogP contribution is 2.40. The summed E-state index contributed by atoms with van der Waals surface area (Å²) in [6.45, 7) is 5.74. The number of carbonyl (C=O) groups is 2. The van der Waals surface area contributed by atoms with Crippen molar-refractivity contribution < 1.29 is 9.59 Å². The van der Waals surface area contributed by atoms with Crippen LogP contribution in [0, 0.1) is 6.92 Å². The van der Waals surface area contributed by atoms with Crippen LogP contribution >= 0.6 is 11.6 Å². The van der Waals surface area contributed by atoms with Crippen LogP contribution < -0.4 is 10.6 Å². The van der Waals surface area contributed by atoms with E-state index in [9.17, 15) is 9.59 Å². The Balaban J connectivity index is 1.53. The largest absolute Gasteiger partial charge is 0.343 e. The number of halogens is 1. The van der Waals surface area contributed by atoms with Gasteiger partial charge in [-0.05, 0) is 57.4 Å². The first-order chi connectivity index (χ1) is 14.3. The Labute approximate surface area is 179 Å². The molecule has 7 nitrogen and oxygen atoms in total. The summed E-state index contributed by atoms with van der Waals surface area (Å²) >= 11 is 6.10. The van der Waals surface area contributed by atoms with Gasteiger partial charge in [0.1, 0.15) is 0 Å². The number of fused-ring (bicyclic) bond motifs is 1. The summed E-state index contributed by atoms with van der Waals surface area (Å²) in [6.07, 6.45) is 3.83. The number of nitrogens with one attached hydrogen (secondary N) is 2. The van der Waals surface area contributed by atoms with Crippen LogP contribution in [0.3, 0.4) is 0 Å². The van der Waals surface area contributed by atoms with Crippen molar-refractivity contribution in [2.75, 3.05) is 11.9 Å². The molecule has 0 spiro atoms. The van der Waals surface area contributed by atoms with Crippen LogP contribution in [0.4, 0.5) is 5.69 Å². The van der Waals surface area contributed by atoms with E-state index in [-0.39, 0.29) is 24.4 Å². The molecule has 1 aliphatic carbocycles. The van der Waals surface area contributed by atoms with Crippen molar-refractivity contribution in [2.45, 2.75) is 45.6 Å². The zero-order chi connectivity index (χ0) is 21.4. The fourth-order valence-electron chi connectivity index (χ4n) is 3.38. The number of anilines is 1. The predicted octanol–water partition coefficient (Wildman–Crippen LogP) is 4.22. The third-order valence-corrected chi connectivity index (χ3v) is 5.68. The molecule has 0 atom stereocenters.